The number of rotatable bonds is 7. The molecule has 3 nitrogen and oxygen atoms in total. The van der Waals surface area contributed by atoms with Gasteiger partial charge in [0.15, 0.2) is 0 Å². The summed E-state index contributed by atoms with van der Waals surface area (Å²) in [6, 6.07) is 0. The number of carbonyl (C=O) groups is 1. The van der Waals surface area contributed by atoms with Gasteiger partial charge in [-0.05, 0) is 12.3 Å². The first-order valence-corrected chi connectivity index (χ1v) is 5.10. The van der Waals surface area contributed by atoms with E-state index in [0.717, 1.165) is 12.8 Å². The van der Waals surface area contributed by atoms with Crippen LogP contribution >= 0.6 is 0 Å². The molecule has 0 aromatic heterocycles. The minimum atomic E-state index is -0.303. The summed E-state index contributed by atoms with van der Waals surface area (Å²) in [4.78, 5) is 14.7. The van der Waals surface area contributed by atoms with Crippen LogP contribution in [-0.4, -0.2) is 5.97 Å². The Bertz CT molecular complexity index is 137. The molecule has 0 fully saturated rings. The molecule has 1 unspecified atom stereocenters. The topological polar surface area (TPSA) is 52.3 Å². The van der Waals surface area contributed by atoms with Gasteiger partial charge in [0.25, 0.3) is 0 Å². The van der Waals surface area contributed by atoms with Gasteiger partial charge in [0.2, 0.25) is 0 Å². The van der Waals surface area contributed by atoms with Crippen LogP contribution in [0.25, 0.3) is 0 Å². The lowest BCUT2D eigenvalue weighted by Gasteiger charge is -2.09. The second kappa shape index (κ2) is 8.05. The largest absolute Gasteiger partial charge is 0.373 e. The predicted molar refractivity (Wildman–Crippen MR) is 52.8 cm³/mol. The van der Waals surface area contributed by atoms with Crippen LogP contribution in [0.5, 0.6) is 0 Å². The Morgan fingerprint density at radius 1 is 1.38 bits per heavy atom. The summed E-state index contributed by atoms with van der Waals surface area (Å²) in [5, 5.41) is 0. The Hall–Kier alpha value is -0.570. The highest BCUT2D eigenvalue weighted by atomic mass is 16.7. The Morgan fingerprint density at radius 3 is 2.54 bits per heavy atom. The van der Waals surface area contributed by atoms with Gasteiger partial charge in [0.05, 0.1) is 0 Å². The molecule has 0 spiro atoms. The van der Waals surface area contributed by atoms with Crippen LogP contribution in [0.4, 0.5) is 0 Å². The fourth-order valence-electron chi connectivity index (χ4n) is 1.35. The Labute approximate surface area is 80.6 Å². The Balaban J connectivity index is 3.26. The predicted octanol–water partition coefficient (Wildman–Crippen LogP) is 2.40. The quantitative estimate of drug-likeness (QED) is 0.623. The molecule has 0 saturated carbocycles. The molecule has 0 aliphatic carbocycles. The smallest absolute Gasteiger partial charge is 0.324 e. The fraction of sp³-hybridized carbons (Fsp3) is 0.900. The maximum absolute atomic E-state index is 10.7. The molecule has 0 aliphatic rings. The lowest BCUT2D eigenvalue weighted by molar-refractivity contribution is -0.144. The maximum atomic E-state index is 10.7. The van der Waals surface area contributed by atoms with E-state index in [0.29, 0.717) is 12.3 Å². The highest BCUT2D eigenvalue weighted by Gasteiger charge is 2.04. The van der Waals surface area contributed by atoms with E-state index in [-0.39, 0.29) is 5.97 Å². The molecule has 3 heteroatoms. The van der Waals surface area contributed by atoms with Gasteiger partial charge < -0.3 is 4.84 Å². The maximum Gasteiger partial charge on any atom is 0.324 e. The highest BCUT2D eigenvalue weighted by molar-refractivity contribution is 5.68. The number of hydrogen-bond acceptors (Lipinski definition) is 3. The normalized spacial score (nSPS) is 12.5. The molecule has 0 saturated heterocycles. The van der Waals surface area contributed by atoms with Gasteiger partial charge in [0.1, 0.15) is 0 Å². The molecule has 0 aliphatic heterocycles. The second-order valence-electron chi connectivity index (χ2n) is 3.63. The lowest BCUT2D eigenvalue weighted by Crippen LogP contribution is -2.09. The van der Waals surface area contributed by atoms with Gasteiger partial charge in [-0.15, -0.1) is 0 Å². The number of unbranched alkanes of at least 4 members (excludes halogenated alkanes) is 1. The molecule has 1 atom stereocenters. The van der Waals surface area contributed by atoms with Crippen molar-refractivity contribution in [1.82, 2.24) is 0 Å². The third-order valence-corrected chi connectivity index (χ3v) is 2.26. The van der Waals surface area contributed by atoms with Crippen LogP contribution in [-0.2, 0) is 9.63 Å². The van der Waals surface area contributed by atoms with E-state index in [1.54, 1.807) is 0 Å². The molecule has 0 aromatic carbocycles. The van der Waals surface area contributed by atoms with Crippen LogP contribution in [0.15, 0.2) is 0 Å². The molecular weight excluding hydrogens is 166 g/mol. The van der Waals surface area contributed by atoms with Crippen LogP contribution in [0.1, 0.15) is 52.4 Å². The molecular formula is C10H21NO2. The standard InChI is InChI=1S/C10H21NO2/c1-3-4-6-9(2)7-5-8-10(12)13-11/h9H,3-8,11H2,1-2H3. The summed E-state index contributed by atoms with van der Waals surface area (Å²) in [5.74, 6) is 5.13. The molecule has 78 valence electrons. The van der Waals surface area contributed by atoms with Gasteiger partial charge in [-0.1, -0.05) is 39.5 Å². The van der Waals surface area contributed by atoms with Crippen LogP contribution in [0.3, 0.4) is 0 Å². The monoisotopic (exact) mass is 187 g/mol. The third-order valence-electron chi connectivity index (χ3n) is 2.26. The zero-order valence-electron chi connectivity index (χ0n) is 8.71. The minimum Gasteiger partial charge on any atom is -0.373 e. The summed E-state index contributed by atoms with van der Waals surface area (Å²) in [5.41, 5.74) is 0. The number of carbonyl (C=O) groups excluding carboxylic acids is 1. The SMILES string of the molecule is CCCCC(C)CCCC(=O)ON. The van der Waals surface area contributed by atoms with E-state index in [1.807, 2.05) is 0 Å². The van der Waals surface area contributed by atoms with E-state index in [4.69, 9.17) is 5.90 Å². The van der Waals surface area contributed by atoms with Crippen molar-refractivity contribution in [2.75, 3.05) is 0 Å². The van der Waals surface area contributed by atoms with Crippen molar-refractivity contribution in [3.05, 3.63) is 0 Å². The summed E-state index contributed by atoms with van der Waals surface area (Å²) in [6.45, 7) is 4.42. The van der Waals surface area contributed by atoms with Crippen LogP contribution in [0.2, 0.25) is 0 Å². The van der Waals surface area contributed by atoms with Crippen molar-refractivity contribution in [3.8, 4) is 0 Å². The summed E-state index contributed by atoms with van der Waals surface area (Å²) in [6.07, 6.45) is 6.22. The molecule has 0 rings (SSSR count). The number of nitrogens with two attached hydrogens (primary N) is 1. The van der Waals surface area contributed by atoms with Crippen molar-refractivity contribution < 1.29 is 9.63 Å². The second-order valence-corrected chi connectivity index (χ2v) is 3.63. The fourth-order valence-corrected chi connectivity index (χ4v) is 1.35. The van der Waals surface area contributed by atoms with Crippen molar-refractivity contribution in [2.45, 2.75) is 52.4 Å². The zero-order valence-corrected chi connectivity index (χ0v) is 8.71. The molecule has 13 heavy (non-hydrogen) atoms. The first-order valence-electron chi connectivity index (χ1n) is 5.10. The molecule has 0 radical (unpaired) electrons. The molecule has 0 bridgehead atoms. The molecule has 0 amide bonds. The third kappa shape index (κ3) is 7.78. The summed E-state index contributed by atoms with van der Waals surface area (Å²) in [7, 11) is 0. The van der Waals surface area contributed by atoms with Crippen molar-refractivity contribution in [3.63, 3.8) is 0 Å². The van der Waals surface area contributed by atoms with E-state index >= 15 is 0 Å². The van der Waals surface area contributed by atoms with E-state index < -0.39 is 0 Å². The van der Waals surface area contributed by atoms with Gasteiger partial charge in [-0.2, -0.15) is 5.90 Å². The summed E-state index contributed by atoms with van der Waals surface area (Å²) < 4.78 is 0. The van der Waals surface area contributed by atoms with E-state index in [9.17, 15) is 4.79 Å². The Morgan fingerprint density at radius 2 is 2.00 bits per heavy atom. The van der Waals surface area contributed by atoms with Gasteiger partial charge in [-0.25, -0.2) is 0 Å². The molecule has 0 aromatic rings. The van der Waals surface area contributed by atoms with Gasteiger partial charge >= 0.3 is 5.97 Å². The van der Waals surface area contributed by atoms with Gasteiger partial charge in [-0.3, -0.25) is 4.79 Å². The first-order chi connectivity index (χ1) is 6.20. The highest BCUT2D eigenvalue weighted by Crippen LogP contribution is 2.14. The lowest BCUT2D eigenvalue weighted by atomic mass is 9.98. The van der Waals surface area contributed by atoms with E-state index in [2.05, 4.69) is 18.7 Å². The average Bonchev–Trinajstić information content (AvgIpc) is 2.14. The minimum absolute atomic E-state index is 0.303. The van der Waals surface area contributed by atoms with Crippen LogP contribution in [0, 0.1) is 5.92 Å². The Kier molecular flexibility index (Phi) is 7.69. The van der Waals surface area contributed by atoms with Crippen molar-refractivity contribution in [2.24, 2.45) is 11.8 Å². The van der Waals surface area contributed by atoms with Gasteiger partial charge in [0, 0.05) is 6.42 Å². The summed E-state index contributed by atoms with van der Waals surface area (Å²) >= 11 is 0. The molecule has 0 heterocycles. The molecule has 2 N–H and O–H groups in total. The van der Waals surface area contributed by atoms with Crippen LogP contribution < -0.4 is 5.90 Å². The zero-order chi connectivity index (χ0) is 10.1. The average molecular weight is 187 g/mol. The van der Waals surface area contributed by atoms with Crippen molar-refractivity contribution in [1.29, 1.82) is 0 Å². The van der Waals surface area contributed by atoms with E-state index in [1.165, 1.54) is 19.3 Å². The van der Waals surface area contributed by atoms with Crippen molar-refractivity contribution >= 4 is 5.97 Å². The first kappa shape index (κ1) is 12.4. The number of hydrogen-bond donors (Lipinski definition) is 1.